The highest BCUT2D eigenvalue weighted by atomic mass is 16.5. The standard InChI is InChI=1S/C17H26N2O3/c1-3-22-15-6-4-5-14(11-15)7-9-18-17(21)19-10-8-13(2)16(20)12-19/h4-6,11,13,16,20H,3,7-10,12H2,1-2H3,(H,18,21). The summed E-state index contributed by atoms with van der Waals surface area (Å²) in [7, 11) is 0. The molecular weight excluding hydrogens is 280 g/mol. The Labute approximate surface area is 132 Å². The molecule has 122 valence electrons. The van der Waals surface area contributed by atoms with E-state index in [1.807, 2.05) is 38.1 Å². The number of aliphatic hydroxyl groups excluding tert-OH is 1. The van der Waals surface area contributed by atoms with Crippen molar-refractivity contribution in [3.8, 4) is 5.75 Å². The number of piperidine rings is 1. The van der Waals surface area contributed by atoms with Crippen LogP contribution in [0.25, 0.3) is 0 Å². The minimum Gasteiger partial charge on any atom is -0.494 e. The lowest BCUT2D eigenvalue weighted by molar-refractivity contribution is 0.0436. The zero-order chi connectivity index (χ0) is 15.9. The van der Waals surface area contributed by atoms with Gasteiger partial charge >= 0.3 is 6.03 Å². The molecule has 5 heteroatoms. The number of likely N-dealkylation sites (tertiary alicyclic amines) is 1. The number of nitrogens with zero attached hydrogens (tertiary/aromatic N) is 1. The number of hydrogen-bond donors (Lipinski definition) is 2. The average Bonchev–Trinajstić information content (AvgIpc) is 2.50. The first kappa shape index (κ1) is 16.6. The van der Waals surface area contributed by atoms with Crippen molar-refractivity contribution in [1.82, 2.24) is 10.2 Å². The third-order valence-electron chi connectivity index (χ3n) is 4.11. The first-order valence-electron chi connectivity index (χ1n) is 8.02. The predicted octanol–water partition coefficient (Wildman–Crippen LogP) is 2.04. The molecule has 1 aromatic rings. The number of β-amino-alcohol motifs (C(OH)–C–C–N with tert-alkyl or cyclic N) is 1. The van der Waals surface area contributed by atoms with Crippen LogP contribution < -0.4 is 10.1 Å². The molecule has 1 saturated heterocycles. The van der Waals surface area contributed by atoms with Gasteiger partial charge in [0.15, 0.2) is 0 Å². The lowest BCUT2D eigenvalue weighted by Crippen LogP contribution is -2.49. The number of amides is 2. The Balaban J connectivity index is 1.76. The molecule has 5 nitrogen and oxygen atoms in total. The van der Waals surface area contributed by atoms with Gasteiger partial charge in [0.25, 0.3) is 0 Å². The number of benzene rings is 1. The van der Waals surface area contributed by atoms with Crippen LogP contribution in [0.5, 0.6) is 5.75 Å². The van der Waals surface area contributed by atoms with Crippen molar-refractivity contribution in [3.05, 3.63) is 29.8 Å². The molecule has 1 aromatic carbocycles. The Hall–Kier alpha value is -1.75. The van der Waals surface area contributed by atoms with Crippen molar-refractivity contribution in [3.63, 3.8) is 0 Å². The first-order chi connectivity index (χ1) is 10.6. The molecule has 0 saturated carbocycles. The fourth-order valence-corrected chi connectivity index (χ4v) is 2.62. The van der Waals surface area contributed by atoms with Crippen molar-refractivity contribution >= 4 is 6.03 Å². The molecule has 0 radical (unpaired) electrons. The molecule has 0 spiro atoms. The van der Waals surface area contributed by atoms with Crippen LogP contribution in [-0.2, 0) is 6.42 Å². The Morgan fingerprint density at radius 2 is 2.32 bits per heavy atom. The summed E-state index contributed by atoms with van der Waals surface area (Å²) < 4.78 is 5.47. The summed E-state index contributed by atoms with van der Waals surface area (Å²) in [5, 5.41) is 12.8. The molecule has 1 fully saturated rings. The summed E-state index contributed by atoms with van der Waals surface area (Å²) >= 11 is 0. The molecule has 1 heterocycles. The van der Waals surface area contributed by atoms with Crippen LogP contribution in [-0.4, -0.2) is 48.4 Å². The number of carbonyl (C=O) groups excluding carboxylic acids is 1. The van der Waals surface area contributed by atoms with Gasteiger partial charge in [-0.15, -0.1) is 0 Å². The van der Waals surface area contributed by atoms with Gasteiger partial charge in [0.05, 0.1) is 12.7 Å². The normalized spacial score (nSPS) is 21.5. The quantitative estimate of drug-likeness (QED) is 0.875. The van der Waals surface area contributed by atoms with Gasteiger partial charge in [0, 0.05) is 19.6 Å². The third kappa shape index (κ3) is 4.63. The molecule has 0 aliphatic carbocycles. The summed E-state index contributed by atoms with van der Waals surface area (Å²) in [6.45, 7) is 6.34. The number of hydrogen-bond acceptors (Lipinski definition) is 3. The Morgan fingerprint density at radius 3 is 3.05 bits per heavy atom. The Morgan fingerprint density at radius 1 is 1.50 bits per heavy atom. The zero-order valence-corrected chi connectivity index (χ0v) is 13.4. The van der Waals surface area contributed by atoms with Crippen LogP contribution in [0, 0.1) is 5.92 Å². The van der Waals surface area contributed by atoms with Crippen LogP contribution in [0.15, 0.2) is 24.3 Å². The van der Waals surface area contributed by atoms with E-state index in [0.717, 1.165) is 24.2 Å². The number of urea groups is 1. The number of nitrogens with one attached hydrogen (secondary N) is 1. The van der Waals surface area contributed by atoms with E-state index in [2.05, 4.69) is 5.32 Å². The highest BCUT2D eigenvalue weighted by Crippen LogP contribution is 2.17. The molecule has 2 atom stereocenters. The number of carbonyl (C=O) groups is 1. The molecule has 0 bridgehead atoms. The molecule has 22 heavy (non-hydrogen) atoms. The van der Waals surface area contributed by atoms with Crippen molar-refractivity contribution in [2.75, 3.05) is 26.2 Å². The summed E-state index contributed by atoms with van der Waals surface area (Å²) in [5.41, 5.74) is 1.14. The van der Waals surface area contributed by atoms with Crippen LogP contribution in [0.4, 0.5) is 4.79 Å². The van der Waals surface area contributed by atoms with Gasteiger partial charge in [0.1, 0.15) is 5.75 Å². The lowest BCUT2D eigenvalue weighted by atomic mass is 9.96. The van der Waals surface area contributed by atoms with Gasteiger partial charge < -0.3 is 20.1 Å². The smallest absolute Gasteiger partial charge is 0.317 e. The largest absolute Gasteiger partial charge is 0.494 e. The second-order valence-corrected chi connectivity index (χ2v) is 5.84. The highest BCUT2D eigenvalue weighted by molar-refractivity contribution is 5.74. The maximum Gasteiger partial charge on any atom is 0.317 e. The van der Waals surface area contributed by atoms with E-state index < -0.39 is 6.10 Å². The number of aliphatic hydroxyl groups is 1. The van der Waals surface area contributed by atoms with E-state index >= 15 is 0 Å². The van der Waals surface area contributed by atoms with Crippen LogP contribution >= 0.6 is 0 Å². The minimum atomic E-state index is -0.414. The SMILES string of the molecule is CCOc1cccc(CCNC(=O)N2CCC(C)C(O)C2)c1. The summed E-state index contributed by atoms with van der Waals surface area (Å²) in [4.78, 5) is 13.8. The Kier molecular flexibility index (Phi) is 6.07. The van der Waals surface area contributed by atoms with Crippen molar-refractivity contribution in [2.45, 2.75) is 32.8 Å². The van der Waals surface area contributed by atoms with Crippen molar-refractivity contribution in [2.24, 2.45) is 5.92 Å². The van der Waals surface area contributed by atoms with Gasteiger partial charge in [-0.2, -0.15) is 0 Å². The van der Waals surface area contributed by atoms with Gasteiger partial charge in [-0.3, -0.25) is 0 Å². The van der Waals surface area contributed by atoms with E-state index in [4.69, 9.17) is 4.74 Å². The second kappa shape index (κ2) is 8.03. The van der Waals surface area contributed by atoms with Gasteiger partial charge in [-0.1, -0.05) is 19.1 Å². The topological polar surface area (TPSA) is 61.8 Å². The maximum atomic E-state index is 12.1. The van der Waals surface area contributed by atoms with E-state index in [1.54, 1.807) is 4.90 Å². The van der Waals surface area contributed by atoms with Gasteiger partial charge in [-0.25, -0.2) is 4.79 Å². The zero-order valence-electron chi connectivity index (χ0n) is 13.4. The number of ether oxygens (including phenoxy) is 1. The first-order valence-corrected chi connectivity index (χ1v) is 8.02. The minimum absolute atomic E-state index is 0.0908. The molecule has 1 aliphatic heterocycles. The molecule has 2 N–H and O–H groups in total. The van der Waals surface area contributed by atoms with Gasteiger partial charge in [0.2, 0.25) is 0 Å². The fraction of sp³-hybridized carbons (Fsp3) is 0.588. The summed E-state index contributed by atoms with van der Waals surface area (Å²) in [6, 6.07) is 7.84. The van der Waals surface area contributed by atoms with E-state index in [-0.39, 0.29) is 11.9 Å². The van der Waals surface area contributed by atoms with Crippen LogP contribution in [0.3, 0.4) is 0 Å². The lowest BCUT2D eigenvalue weighted by Gasteiger charge is -2.34. The average molecular weight is 306 g/mol. The maximum absolute atomic E-state index is 12.1. The monoisotopic (exact) mass is 306 g/mol. The molecule has 2 unspecified atom stereocenters. The highest BCUT2D eigenvalue weighted by Gasteiger charge is 2.26. The van der Waals surface area contributed by atoms with Crippen LogP contribution in [0.2, 0.25) is 0 Å². The number of rotatable bonds is 5. The summed E-state index contributed by atoms with van der Waals surface area (Å²) in [5.74, 6) is 1.13. The molecule has 2 rings (SSSR count). The predicted molar refractivity (Wildman–Crippen MR) is 86.1 cm³/mol. The molecule has 0 aromatic heterocycles. The summed E-state index contributed by atoms with van der Waals surface area (Å²) in [6.07, 6.45) is 1.20. The fourth-order valence-electron chi connectivity index (χ4n) is 2.62. The van der Waals surface area contributed by atoms with E-state index in [1.165, 1.54) is 0 Å². The third-order valence-corrected chi connectivity index (χ3v) is 4.11. The molecule has 2 amide bonds. The molecular formula is C17H26N2O3. The van der Waals surface area contributed by atoms with E-state index in [9.17, 15) is 9.90 Å². The van der Waals surface area contributed by atoms with Crippen LogP contribution in [0.1, 0.15) is 25.8 Å². The Bertz CT molecular complexity index is 493. The second-order valence-electron chi connectivity index (χ2n) is 5.84. The van der Waals surface area contributed by atoms with Crippen molar-refractivity contribution in [1.29, 1.82) is 0 Å². The van der Waals surface area contributed by atoms with E-state index in [0.29, 0.717) is 26.2 Å². The molecule has 1 aliphatic rings. The van der Waals surface area contributed by atoms with Gasteiger partial charge in [-0.05, 0) is 43.4 Å². The van der Waals surface area contributed by atoms with Crippen molar-refractivity contribution < 1.29 is 14.6 Å².